The first-order valence-corrected chi connectivity index (χ1v) is 6.19. The van der Waals surface area contributed by atoms with Gasteiger partial charge in [0, 0.05) is 18.2 Å². The lowest BCUT2D eigenvalue weighted by atomic mass is 10.2. The Morgan fingerprint density at radius 2 is 2.42 bits per heavy atom. The molecule has 1 aliphatic heterocycles. The van der Waals surface area contributed by atoms with Crippen LogP contribution in [0.15, 0.2) is 11.0 Å². The molecule has 1 N–H and O–H groups in total. The second-order valence-corrected chi connectivity index (χ2v) is 4.42. The maximum Gasteiger partial charge on any atom is 0.301 e. The molecule has 0 saturated carbocycles. The molecule has 0 bridgehead atoms. The van der Waals surface area contributed by atoms with E-state index in [4.69, 9.17) is 14.6 Å². The van der Waals surface area contributed by atoms with E-state index in [9.17, 15) is 9.18 Å². The zero-order chi connectivity index (χ0) is 14.0. The molecule has 0 radical (unpaired) electrons. The van der Waals surface area contributed by atoms with Crippen molar-refractivity contribution in [1.82, 2.24) is 9.55 Å². The van der Waals surface area contributed by atoms with Gasteiger partial charge in [-0.3, -0.25) is 9.36 Å². The number of rotatable bonds is 4. The topological polar surface area (TPSA) is 73.6 Å². The first-order valence-electron chi connectivity index (χ1n) is 6.19. The molecule has 2 heterocycles. The van der Waals surface area contributed by atoms with Crippen LogP contribution in [0.3, 0.4) is 0 Å². The molecule has 0 aliphatic carbocycles. The number of nitrogens with zero attached hydrogens (tertiary/aromatic N) is 2. The van der Waals surface area contributed by atoms with Gasteiger partial charge in [0.2, 0.25) is 0 Å². The molecular formula is C12H17FN2O4. The highest BCUT2D eigenvalue weighted by molar-refractivity contribution is 5.10. The SMILES string of the molecule is CCOc1nc(=O)c(C)cn1[C@H]1C[C@H](F)[C@@H](CO)O1. The van der Waals surface area contributed by atoms with Gasteiger partial charge in [-0.1, -0.05) is 0 Å². The summed E-state index contributed by atoms with van der Waals surface area (Å²) in [5.74, 6) is 0. The third-order valence-corrected chi connectivity index (χ3v) is 3.01. The maximum atomic E-state index is 13.6. The fourth-order valence-electron chi connectivity index (χ4n) is 2.02. The monoisotopic (exact) mass is 272 g/mol. The number of aryl methyl sites for hydroxylation is 1. The van der Waals surface area contributed by atoms with E-state index in [0.717, 1.165) is 0 Å². The van der Waals surface area contributed by atoms with Gasteiger partial charge in [-0.2, -0.15) is 4.98 Å². The largest absolute Gasteiger partial charge is 0.465 e. The van der Waals surface area contributed by atoms with Crippen molar-refractivity contribution in [2.24, 2.45) is 0 Å². The van der Waals surface area contributed by atoms with Crippen molar-refractivity contribution in [3.05, 3.63) is 22.1 Å². The van der Waals surface area contributed by atoms with E-state index in [0.29, 0.717) is 12.2 Å². The third-order valence-electron chi connectivity index (χ3n) is 3.01. The van der Waals surface area contributed by atoms with Crippen LogP contribution in [-0.2, 0) is 4.74 Å². The van der Waals surface area contributed by atoms with Gasteiger partial charge in [0.1, 0.15) is 18.5 Å². The first kappa shape index (κ1) is 14.0. The van der Waals surface area contributed by atoms with Crippen LogP contribution in [0.5, 0.6) is 6.01 Å². The fourth-order valence-corrected chi connectivity index (χ4v) is 2.02. The van der Waals surface area contributed by atoms with Crippen molar-refractivity contribution in [2.75, 3.05) is 13.2 Å². The highest BCUT2D eigenvalue weighted by Gasteiger charge is 2.36. The molecule has 2 rings (SSSR count). The van der Waals surface area contributed by atoms with Crippen LogP contribution < -0.4 is 10.3 Å². The number of hydrogen-bond acceptors (Lipinski definition) is 5. The summed E-state index contributed by atoms with van der Waals surface area (Å²) in [7, 11) is 0. The zero-order valence-electron chi connectivity index (χ0n) is 10.9. The minimum absolute atomic E-state index is 0.0926. The Kier molecular flexibility index (Phi) is 4.16. The van der Waals surface area contributed by atoms with Crippen molar-refractivity contribution < 1.29 is 19.0 Å². The summed E-state index contributed by atoms with van der Waals surface area (Å²) in [6.45, 7) is 3.34. The van der Waals surface area contributed by atoms with Crippen LogP contribution in [0, 0.1) is 6.92 Å². The van der Waals surface area contributed by atoms with Crippen LogP contribution in [0.4, 0.5) is 4.39 Å². The Balaban J connectivity index is 2.33. The van der Waals surface area contributed by atoms with Gasteiger partial charge >= 0.3 is 6.01 Å². The second-order valence-electron chi connectivity index (χ2n) is 4.42. The van der Waals surface area contributed by atoms with Crippen molar-refractivity contribution in [3.8, 4) is 6.01 Å². The standard InChI is InChI=1S/C12H17FN2O4/c1-3-18-12-14-11(17)7(2)5-15(12)10-4-8(13)9(6-16)19-10/h5,8-10,16H,3-4,6H2,1-2H3/t8-,9+,10+/m0/s1. The number of alkyl halides is 1. The smallest absolute Gasteiger partial charge is 0.301 e. The molecule has 1 saturated heterocycles. The Morgan fingerprint density at radius 3 is 3.00 bits per heavy atom. The third kappa shape index (κ3) is 2.76. The highest BCUT2D eigenvalue weighted by Crippen LogP contribution is 2.32. The van der Waals surface area contributed by atoms with Gasteiger partial charge in [0.05, 0.1) is 13.2 Å². The molecule has 19 heavy (non-hydrogen) atoms. The fraction of sp³-hybridized carbons (Fsp3) is 0.667. The molecule has 106 valence electrons. The van der Waals surface area contributed by atoms with Crippen LogP contribution in [0.25, 0.3) is 0 Å². The molecule has 0 aromatic carbocycles. The number of aromatic nitrogens is 2. The quantitative estimate of drug-likeness (QED) is 0.867. The van der Waals surface area contributed by atoms with Crippen LogP contribution >= 0.6 is 0 Å². The molecule has 7 heteroatoms. The average molecular weight is 272 g/mol. The molecule has 1 aromatic heterocycles. The van der Waals surface area contributed by atoms with E-state index >= 15 is 0 Å². The molecule has 0 spiro atoms. The minimum Gasteiger partial charge on any atom is -0.465 e. The summed E-state index contributed by atoms with van der Waals surface area (Å²) >= 11 is 0. The molecule has 6 nitrogen and oxygen atoms in total. The second kappa shape index (κ2) is 5.66. The molecule has 1 aromatic rings. The van der Waals surface area contributed by atoms with Crippen molar-refractivity contribution >= 4 is 0 Å². The van der Waals surface area contributed by atoms with Crippen LogP contribution in [0.2, 0.25) is 0 Å². The normalized spacial score (nSPS) is 26.6. The van der Waals surface area contributed by atoms with E-state index < -0.39 is 18.5 Å². The highest BCUT2D eigenvalue weighted by atomic mass is 19.1. The molecule has 1 fully saturated rings. The summed E-state index contributed by atoms with van der Waals surface area (Å²) < 4.78 is 25.8. The molecule has 0 unspecified atom stereocenters. The number of aliphatic hydroxyl groups is 1. The van der Waals surface area contributed by atoms with E-state index in [-0.39, 0.29) is 24.6 Å². The molecular weight excluding hydrogens is 255 g/mol. The van der Waals surface area contributed by atoms with Gasteiger partial charge in [-0.05, 0) is 13.8 Å². The van der Waals surface area contributed by atoms with Gasteiger partial charge in [-0.15, -0.1) is 0 Å². The van der Waals surface area contributed by atoms with Crippen LogP contribution in [-0.4, -0.2) is 40.1 Å². The van der Waals surface area contributed by atoms with E-state index in [1.807, 2.05) is 0 Å². The Morgan fingerprint density at radius 1 is 1.68 bits per heavy atom. The maximum absolute atomic E-state index is 13.6. The first-order chi connectivity index (χ1) is 9.06. The predicted molar refractivity (Wildman–Crippen MR) is 64.9 cm³/mol. The summed E-state index contributed by atoms with van der Waals surface area (Å²) in [5, 5.41) is 9.00. The van der Waals surface area contributed by atoms with Crippen molar-refractivity contribution in [2.45, 2.75) is 38.8 Å². The summed E-state index contributed by atoms with van der Waals surface area (Å²) in [4.78, 5) is 15.3. The molecule has 1 aliphatic rings. The van der Waals surface area contributed by atoms with Crippen molar-refractivity contribution in [3.63, 3.8) is 0 Å². The number of hydrogen-bond donors (Lipinski definition) is 1. The van der Waals surface area contributed by atoms with Gasteiger partial charge in [0.25, 0.3) is 5.56 Å². The van der Waals surface area contributed by atoms with Crippen molar-refractivity contribution in [1.29, 1.82) is 0 Å². The Labute approximate surface area is 109 Å². The van der Waals surface area contributed by atoms with Crippen LogP contribution in [0.1, 0.15) is 25.1 Å². The van der Waals surface area contributed by atoms with Gasteiger partial charge < -0.3 is 14.6 Å². The average Bonchev–Trinajstić information content (AvgIpc) is 2.75. The summed E-state index contributed by atoms with van der Waals surface area (Å²) in [6.07, 6.45) is -1.09. The van der Waals surface area contributed by atoms with Gasteiger partial charge in [-0.25, -0.2) is 4.39 Å². The zero-order valence-corrected chi connectivity index (χ0v) is 10.9. The number of halogens is 1. The molecule has 3 atom stereocenters. The summed E-state index contributed by atoms with van der Waals surface area (Å²) in [5.41, 5.74) is 0.0445. The Hall–Kier alpha value is -1.47. The number of aliphatic hydroxyl groups excluding tert-OH is 1. The lowest BCUT2D eigenvalue weighted by molar-refractivity contribution is -0.0374. The Bertz CT molecular complexity index is 505. The van der Waals surface area contributed by atoms with E-state index in [1.165, 1.54) is 10.8 Å². The lowest BCUT2D eigenvalue weighted by Crippen LogP contribution is -2.23. The van der Waals surface area contributed by atoms with E-state index in [2.05, 4.69) is 4.98 Å². The van der Waals surface area contributed by atoms with Gasteiger partial charge in [0.15, 0.2) is 0 Å². The summed E-state index contributed by atoms with van der Waals surface area (Å²) in [6, 6.07) is 0.105. The minimum atomic E-state index is -1.25. The van der Waals surface area contributed by atoms with E-state index in [1.54, 1.807) is 13.8 Å². The number of ether oxygens (including phenoxy) is 2. The predicted octanol–water partition coefficient (Wildman–Crippen LogP) is 0.568. The molecule has 0 amide bonds. The lowest BCUT2D eigenvalue weighted by Gasteiger charge is -2.18.